The summed E-state index contributed by atoms with van der Waals surface area (Å²) in [5.41, 5.74) is 2.02. The van der Waals surface area contributed by atoms with Crippen molar-refractivity contribution in [3.8, 4) is 0 Å². The first-order valence-corrected chi connectivity index (χ1v) is 2.53. The van der Waals surface area contributed by atoms with Crippen molar-refractivity contribution in [2.24, 2.45) is 0 Å². The molecule has 1 aromatic rings. The minimum Gasteiger partial charge on any atom is -0.262 e. The van der Waals surface area contributed by atoms with Crippen LogP contribution in [0.1, 0.15) is 12.6 Å². The number of aryl methyl sites for hydroxylation is 2. The van der Waals surface area contributed by atoms with Crippen LogP contribution in [0.2, 0.25) is 0 Å². The van der Waals surface area contributed by atoms with E-state index >= 15 is 0 Å². The maximum atomic E-state index is 7.01. The van der Waals surface area contributed by atoms with Crippen LogP contribution >= 0.6 is 0 Å². The van der Waals surface area contributed by atoms with E-state index in [2.05, 4.69) is 4.98 Å². The highest BCUT2D eigenvalue weighted by molar-refractivity contribution is 5.12. The first-order valence-electron chi connectivity index (χ1n) is 3.24. The number of aromatic nitrogens is 1. The van der Waals surface area contributed by atoms with Crippen molar-refractivity contribution in [3.05, 3.63) is 29.6 Å². The Morgan fingerprint density at radius 3 is 3.12 bits per heavy atom. The second-order valence-corrected chi connectivity index (χ2v) is 1.81. The lowest BCUT2D eigenvalue weighted by atomic mass is 10.3. The average Bonchev–Trinajstić information content (AvgIpc) is 1.88. The highest BCUT2D eigenvalue weighted by atomic mass is 14.6. The van der Waals surface area contributed by atoms with E-state index in [9.17, 15) is 0 Å². The topological polar surface area (TPSA) is 12.9 Å². The van der Waals surface area contributed by atoms with Gasteiger partial charge in [0, 0.05) is 13.3 Å². The van der Waals surface area contributed by atoms with Crippen molar-refractivity contribution in [3.63, 3.8) is 0 Å². The Hall–Kier alpha value is -0.850. The zero-order valence-corrected chi connectivity index (χ0v) is 4.89. The molecule has 0 spiro atoms. The van der Waals surface area contributed by atoms with Gasteiger partial charge in [0.1, 0.15) is 0 Å². The van der Waals surface area contributed by atoms with Gasteiger partial charge in [-0.2, -0.15) is 0 Å². The maximum absolute atomic E-state index is 7.01. The SMILES string of the molecule is [2H]Cc1ccnc(C)c1. The van der Waals surface area contributed by atoms with Crippen molar-refractivity contribution in [2.45, 2.75) is 13.8 Å². The highest BCUT2D eigenvalue weighted by Gasteiger charge is 1.82. The summed E-state index contributed by atoms with van der Waals surface area (Å²) in [6, 6.07) is 3.78. The van der Waals surface area contributed by atoms with Crippen molar-refractivity contribution in [1.29, 1.82) is 0 Å². The van der Waals surface area contributed by atoms with Crippen LogP contribution in [0, 0.1) is 13.8 Å². The van der Waals surface area contributed by atoms with Gasteiger partial charge >= 0.3 is 0 Å². The van der Waals surface area contributed by atoms with Gasteiger partial charge in [0.2, 0.25) is 0 Å². The molecule has 0 unspecified atom stereocenters. The van der Waals surface area contributed by atoms with Gasteiger partial charge < -0.3 is 0 Å². The van der Waals surface area contributed by atoms with E-state index in [-0.39, 0.29) is 0 Å². The second-order valence-electron chi connectivity index (χ2n) is 1.81. The Labute approximate surface area is 50.8 Å². The summed E-state index contributed by atoms with van der Waals surface area (Å²) in [6.07, 6.45) is 1.74. The molecule has 1 aromatic heterocycles. The van der Waals surface area contributed by atoms with Crippen molar-refractivity contribution < 1.29 is 1.37 Å². The molecule has 0 bridgehead atoms. The third-order valence-electron chi connectivity index (χ3n) is 0.961. The van der Waals surface area contributed by atoms with Crippen LogP contribution in [0.5, 0.6) is 0 Å². The predicted molar refractivity (Wildman–Crippen MR) is 33.7 cm³/mol. The molecule has 0 fully saturated rings. The lowest BCUT2D eigenvalue weighted by molar-refractivity contribution is 1.18. The molecular formula is C7H9N. The molecule has 1 nitrogen and oxygen atoms in total. The number of hydrogen-bond acceptors (Lipinski definition) is 1. The summed E-state index contributed by atoms with van der Waals surface area (Å²) in [5, 5.41) is 0. The smallest absolute Gasteiger partial charge is 0.0375 e. The Morgan fingerprint density at radius 1 is 1.75 bits per heavy atom. The number of hydrogen-bond donors (Lipinski definition) is 0. The van der Waals surface area contributed by atoms with Crippen LogP contribution < -0.4 is 0 Å². The fraction of sp³-hybridized carbons (Fsp3) is 0.286. The van der Waals surface area contributed by atoms with Crippen LogP contribution in [-0.2, 0) is 0 Å². The molecule has 1 rings (SSSR count). The largest absolute Gasteiger partial charge is 0.262 e. The summed E-state index contributed by atoms with van der Waals surface area (Å²) in [6.45, 7) is 2.28. The third kappa shape index (κ3) is 1.06. The number of nitrogens with zero attached hydrogens (tertiary/aromatic N) is 1. The molecule has 8 heavy (non-hydrogen) atoms. The molecular weight excluding hydrogens is 98.1 g/mol. The number of pyridine rings is 1. The van der Waals surface area contributed by atoms with Crippen LogP contribution in [0.15, 0.2) is 18.3 Å². The van der Waals surface area contributed by atoms with Crippen LogP contribution in [0.4, 0.5) is 0 Å². The summed E-state index contributed by atoms with van der Waals surface area (Å²) < 4.78 is 7.01. The summed E-state index contributed by atoms with van der Waals surface area (Å²) in [5.74, 6) is 0. The molecule has 42 valence electrons. The first-order chi connectivity index (χ1) is 4.33. The molecule has 0 radical (unpaired) electrons. The van der Waals surface area contributed by atoms with Crippen LogP contribution in [-0.4, -0.2) is 4.98 Å². The average molecular weight is 108 g/mol. The standard InChI is InChI=1S/C7H9N/c1-6-3-4-8-7(2)5-6/h3-5H,1-2H3/i1D. The van der Waals surface area contributed by atoms with Crippen LogP contribution in [0.3, 0.4) is 0 Å². The minimum atomic E-state index is 0.351. The monoisotopic (exact) mass is 108 g/mol. The summed E-state index contributed by atoms with van der Waals surface area (Å²) >= 11 is 0. The Kier molecular flexibility index (Phi) is 0.992. The lowest BCUT2D eigenvalue weighted by Crippen LogP contribution is -1.78. The van der Waals surface area contributed by atoms with E-state index in [0.29, 0.717) is 6.90 Å². The van der Waals surface area contributed by atoms with Crippen molar-refractivity contribution >= 4 is 0 Å². The fourth-order valence-electron chi connectivity index (χ4n) is 0.604. The molecule has 1 heterocycles. The normalized spacial score (nSPS) is 10.9. The van der Waals surface area contributed by atoms with Gasteiger partial charge in [-0.05, 0) is 31.5 Å². The van der Waals surface area contributed by atoms with Gasteiger partial charge in [0.25, 0.3) is 0 Å². The van der Waals surface area contributed by atoms with E-state index in [0.717, 1.165) is 11.3 Å². The van der Waals surface area contributed by atoms with Gasteiger partial charge in [-0.25, -0.2) is 0 Å². The first kappa shape index (κ1) is 4.07. The van der Waals surface area contributed by atoms with E-state index in [4.69, 9.17) is 1.37 Å². The molecule has 0 N–H and O–H groups in total. The lowest BCUT2D eigenvalue weighted by Gasteiger charge is -1.90. The Morgan fingerprint density at radius 2 is 2.62 bits per heavy atom. The van der Waals surface area contributed by atoms with E-state index in [1.54, 1.807) is 6.20 Å². The molecule has 0 aliphatic rings. The zero-order valence-electron chi connectivity index (χ0n) is 5.89. The Bertz CT molecular complexity index is 198. The number of rotatable bonds is 0. The molecule has 0 aromatic carbocycles. The predicted octanol–water partition coefficient (Wildman–Crippen LogP) is 1.70. The second kappa shape index (κ2) is 1.95. The third-order valence-corrected chi connectivity index (χ3v) is 0.961. The van der Waals surface area contributed by atoms with Gasteiger partial charge in [-0.3, -0.25) is 4.98 Å². The van der Waals surface area contributed by atoms with E-state index in [1.165, 1.54) is 0 Å². The highest BCUT2D eigenvalue weighted by Crippen LogP contribution is 1.95. The molecule has 0 aliphatic heterocycles. The maximum Gasteiger partial charge on any atom is 0.0375 e. The van der Waals surface area contributed by atoms with Gasteiger partial charge in [-0.1, -0.05) is 0 Å². The van der Waals surface area contributed by atoms with Crippen molar-refractivity contribution in [2.75, 3.05) is 0 Å². The van der Waals surface area contributed by atoms with Gasteiger partial charge in [0.05, 0.1) is 0 Å². The molecule has 0 saturated carbocycles. The van der Waals surface area contributed by atoms with Crippen LogP contribution in [0.25, 0.3) is 0 Å². The van der Waals surface area contributed by atoms with E-state index in [1.807, 2.05) is 19.1 Å². The molecule has 0 amide bonds. The van der Waals surface area contributed by atoms with E-state index < -0.39 is 0 Å². The summed E-state index contributed by atoms with van der Waals surface area (Å²) in [4.78, 5) is 4.00. The van der Waals surface area contributed by atoms with Gasteiger partial charge in [-0.15, -0.1) is 0 Å². The molecule has 0 saturated heterocycles. The Balaban J connectivity index is 2.94. The molecule has 0 aliphatic carbocycles. The zero-order chi connectivity index (χ0) is 6.69. The van der Waals surface area contributed by atoms with Gasteiger partial charge in [0.15, 0.2) is 0 Å². The molecule has 0 atom stereocenters. The molecule has 1 heteroatoms. The summed E-state index contributed by atoms with van der Waals surface area (Å²) in [7, 11) is 0. The minimum absolute atomic E-state index is 0.351. The quantitative estimate of drug-likeness (QED) is 0.493. The van der Waals surface area contributed by atoms with Crippen molar-refractivity contribution in [1.82, 2.24) is 4.98 Å². The fourth-order valence-corrected chi connectivity index (χ4v) is 0.604.